The third-order valence-corrected chi connectivity index (χ3v) is 2.72. The van der Waals surface area contributed by atoms with Gasteiger partial charge in [-0.3, -0.25) is 0 Å². The summed E-state index contributed by atoms with van der Waals surface area (Å²) >= 11 is 6.06. The summed E-state index contributed by atoms with van der Waals surface area (Å²) in [7, 11) is 1.96. The monoisotopic (exact) mass is 226 g/mol. The molecule has 1 aromatic rings. The number of hydrogen-bond donors (Lipinski definition) is 2. The van der Waals surface area contributed by atoms with E-state index in [0.29, 0.717) is 6.04 Å². The maximum absolute atomic E-state index is 6.06. The average Bonchev–Trinajstić information content (AvgIpc) is 2.21. The van der Waals surface area contributed by atoms with E-state index in [-0.39, 0.29) is 0 Å². The van der Waals surface area contributed by atoms with E-state index in [4.69, 9.17) is 11.6 Å². The zero-order chi connectivity index (χ0) is 11.1. The van der Waals surface area contributed by atoms with Crippen molar-refractivity contribution in [2.45, 2.75) is 19.4 Å². The Morgan fingerprint density at radius 3 is 2.73 bits per heavy atom. The Labute approximate surface area is 97.0 Å². The van der Waals surface area contributed by atoms with E-state index in [9.17, 15) is 0 Å². The number of rotatable bonds is 6. The molecule has 15 heavy (non-hydrogen) atoms. The molecular formula is C12H19ClN2. The van der Waals surface area contributed by atoms with Gasteiger partial charge in [-0.05, 0) is 38.6 Å². The van der Waals surface area contributed by atoms with Crippen molar-refractivity contribution in [2.75, 3.05) is 20.1 Å². The molecule has 0 bridgehead atoms. The summed E-state index contributed by atoms with van der Waals surface area (Å²) in [5.41, 5.74) is 1.21. The van der Waals surface area contributed by atoms with E-state index in [1.165, 1.54) is 5.56 Å². The molecule has 84 valence electrons. The Bertz CT molecular complexity index is 289. The summed E-state index contributed by atoms with van der Waals surface area (Å²) < 4.78 is 0. The molecule has 0 saturated heterocycles. The molecule has 1 atom stereocenters. The van der Waals surface area contributed by atoms with Gasteiger partial charge >= 0.3 is 0 Å². The van der Waals surface area contributed by atoms with Gasteiger partial charge in [-0.2, -0.15) is 0 Å². The topological polar surface area (TPSA) is 24.1 Å². The first-order valence-corrected chi connectivity index (χ1v) is 5.73. The van der Waals surface area contributed by atoms with E-state index in [1.807, 2.05) is 25.2 Å². The lowest BCUT2D eigenvalue weighted by Gasteiger charge is -2.13. The van der Waals surface area contributed by atoms with Gasteiger partial charge < -0.3 is 10.6 Å². The van der Waals surface area contributed by atoms with Crippen molar-refractivity contribution in [2.24, 2.45) is 0 Å². The lowest BCUT2D eigenvalue weighted by atomic mass is 10.1. The van der Waals surface area contributed by atoms with Crippen LogP contribution in [0.5, 0.6) is 0 Å². The van der Waals surface area contributed by atoms with Crippen LogP contribution < -0.4 is 10.6 Å². The Hall–Kier alpha value is -0.570. The predicted octanol–water partition coefficient (Wildman–Crippen LogP) is 2.08. The molecule has 1 aromatic carbocycles. The summed E-state index contributed by atoms with van der Waals surface area (Å²) in [6, 6.07) is 8.50. The smallest absolute Gasteiger partial charge is 0.0438 e. The maximum atomic E-state index is 6.06. The van der Waals surface area contributed by atoms with Gasteiger partial charge in [0, 0.05) is 17.6 Å². The highest BCUT2D eigenvalue weighted by Gasteiger charge is 2.01. The highest BCUT2D eigenvalue weighted by Crippen LogP contribution is 2.14. The number of hydrogen-bond acceptors (Lipinski definition) is 2. The largest absolute Gasteiger partial charge is 0.318 e. The molecule has 0 aliphatic carbocycles. The highest BCUT2D eigenvalue weighted by atomic mass is 35.5. The predicted molar refractivity (Wildman–Crippen MR) is 66.5 cm³/mol. The van der Waals surface area contributed by atoms with Crippen LogP contribution in [0.25, 0.3) is 0 Å². The van der Waals surface area contributed by atoms with Gasteiger partial charge in [0.15, 0.2) is 0 Å². The van der Waals surface area contributed by atoms with Crippen LogP contribution in [0.3, 0.4) is 0 Å². The number of benzene rings is 1. The molecule has 0 aliphatic rings. The zero-order valence-electron chi connectivity index (χ0n) is 9.39. The van der Waals surface area contributed by atoms with Crippen molar-refractivity contribution in [3.05, 3.63) is 34.9 Å². The normalized spacial score (nSPS) is 12.7. The third kappa shape index (κ3) is 4.65. The molecule has 0 heterocycles. The number of halogens is 1. The minimum atomic E-state index is 0.498. The molecule has 2 N–H and O–H groups in total. The molecule has 1 rings (SSSR count). The van der Waals surface area contributed by atoms with E-state index >= 15 is 0 Å². The summed E-state index contributed by atoms with van der Waals surface area (Å²) in [6.07, 6.45) is 0.980. The van der Waals surface area contributed by atoms with Crippen LogP contribution in [0.2, 0.25) is 5.02 Å². The average molecular weight is 227 g/mol. The van der Waals surface area contributed by atoms with Gasteiger partial charge in [-0.25, -0.2) is 0 Å². The molecule has 0 spiro atoms. The van der Waals surface area contributed by atoms with Crippen LogP contribution in [0.1, 0.15) is 12.5 Å². The first-order chi connectivity index (χ1) is 7.24. The highest BCUT2D eigenvalue weighted by molar-refractivity contribution is 6.31. The second-order valence-corrected chi connectivity index (χ2v) is 4.16. The molecule has 2 nitrogen and oxygen atoms in total. The number of nitrogens with one attached hydrogen (secondary N) is 2. The molecule has 0 amide bonds. The fourth-order valence-electron chi connectivity index (χ4n) is 1.53. The van der Waals surface area contributed by atoms with E-state index in [2.05, 4.69) is 23.6 Å². The van der Waals surface area contributed by atoms with Gasteiger partial charge in [-0.1, -0.05) is 29.8 Å². The second-order valence-electron chi connectivity index (χ2n) is 3.75. The minimum absolute atomic E-state index is 0.498. The first-order valence-electron chi connectivity index (χ1n) is 5.35. The summed E-state index contributed by atoms with van der Waals surface area (Å²) in [4.78, 5) is 0. The third-order valence-electron chi connectivity index (χ3n) is 2.36. The quantitative estimate of drug-likeness (QED) is 0.776. The summed E-state index contributed by atoms with van der Waals surface area (Å²) in [5, 5.41) is 7.44. The van der Waals surface area contributed by atoms with Gasteiger partial charge in [0.1, 0.15) is 0 Å². The van der Waals surface area contributed by atoms with Crippen molar-refractivity contribution >= 4 is 11.6 Å². The van der Waals surface area contributed by atoms with Crippen molar-refractivity contribution < 1.29 is 0 Å². The van der Waals surface area contributed by atoms with Crippen LogP contribution >= 0.6 is 11.6 Å². The van der Waals surface area contributed by atoms with E-state index < -0.39 is 0 Å². The fourth-order valence-corrected chi connectivity index (χ4v) is 1.76. The Morgan fingerprint density at radius 2 is 2.07 bits per heavy atom. The molecule has 1 unspecified atom stereocenters. The Morgan fingerprint density at radius 1 is 1.33 bits per heavy atom. The van der Waals surface area contributed by atoms with Crippen molar-refractivity contribution in [1.82, 2.24) is 10.6 Å². The number of likely N-dealkylation sites (N-methyl/N-ethyl adjacent to an activating group) is 1. The van der Waals surface area contributed by atoms with Crippen molar-refractivity contribution in [3.8, 4) is 0 Å². The van der Waals surface area contributed by atoms with Crippen LogP contribution in [-0.2, 0) is 6.42 Å². The van der Waals surface area contributed by atoms with Gasteiger partial charge in [0.25, 0.3) is 0 Å². The molecular weight excluding hydrogens is 208 g/mol. The fraction of sp³-hybridized carbons (Fsp3) is 0.500. The second kappa shape index (κ2) is 6.83. The SMILES string of the molecule is CNCC(C)NCCc1ccccc1Cl. The molecule has 0 aliphatic heterocycles. The molecule has 0 saturated carbocycles. The van der Waals surface area contributed by atoms with E-state index in [1.54, 1.807) is 0 Å². The first kappa shape index (κ1) is 12.5. The molecule has 3 heteroatoms. The minimum Gasteiger partial charge on any atom is -0.318 e. The van der Waals surface area contributed by atoms with Crippen LogP contribution in [-0.4, -0.2) is 26.2 Å². The van der Waals surface area contributed by atoms with Gasteiger partial charge in [-0.15, -0.1) is 0 Å². The molecule has 0 radical (unpaired) electrons. The Kier molecular flexibility index (Phi) is 5.69. The van der Waals surface area contributed by atoms with Crippen LogP contribution in [0.15, 0.2) is 24.3 Å². The summed E-state index contributed by atoms with van der Waals surface area (Å²) in [6.45, 7) is 4.12. The Balaban J connectivity index is 2.29. The standard InChI is InChI=1S/C12H19ClN2/c1-10(9-14-2)15-8-7-11-5-3-4-6-12(11)13/h3-6,10,14-15H,7-9H2,1-2H3. The van der Waals surface area contributed by atoms with Crippen LogP contribution in [0.4, 0.5) is 0 Å². The lowest BCUT2D eigenvalue weighted by molar-refractivity contribution is 0.526. The van der Waals surface area contributed by atoms with Gasteiger partial charge in [0.05, 0.1) is 0 Å². The van der Waals surface area contributed by atoms with Crippen molar-refractivity contribution in [1.29, 1.82) is 0 Å². The van der Waals surface area contributed by atoms with Gasteiger partial charge in [0.2, 0.25) is 0 Å². The maximum Gasteiger partial charge on any atom is 0.0438 e. The molecule has 0 fully saturated rings. The lowest BCUT2D eigenvalue weighted by Crippen LogP contribution is -2.35. The zero-order valence-corrected chi connectivity index (χ0v) is 10.1. The summed E-state index contributed by atoms with van der Waals surface area (Å²) in [5.74, 6) is 0. The van der Waals surface area contributed by atoms with E-state index in [0.717, 1.165) is 24.5 Å². The van der Waals surface area contributed by atoms with Crippen molar-refractivity contribution in [3.63, 3.8) is 0 Å². The van der Waals surface area contributed by atoms with Crippen LogP contribution in [0, 0.1) is 0 Å². The molecule has 0 aromatic heterocycles.